The van der Waals surface area contributed by atoms with E-state index in [1.165, 1.54) is 32.4 Å². The van der Waals surface area contributed by atoms with Crippen molar-refractivity contribution in [3.8, 4) is 11.6 Å². The minimum absolute atomic E-state index is 0.116. The van der Waals surface area contributed by atoms with Gasteiger partial charge >= 0.3 is 11.7 Å². The van der Waals surface area contributed by atoms with Crippen molar-refractivity contribution in [1.82, 2.24) is 19.3 Å². The highest BCUT2D eigenvalue weighted by molar-refractivity contribution is 6.26. The number of hydrogen-bond donors (Lipinski definition) is 2. The Morgan fingerprint density at radius 3 is 2.68 bits per heavy atom. The minimum atomic E-state index is -2.07. The summed E-state index contributed by atoms with van der Waals surface area (Å²) in [5, 5.41) is 20.7. The van der Waals surface area contributed by atoms with E-state index in [0.29, 0.717) is 30.5 Å². The van der Waals surface area contributed by atoms with Gasteiger partial charge in [-0.15, -0.1) is 0 Å². The Hall–Kier alpha value is -3.21. The van der Waals surface area contributed by atoms with Crippen LogP contribution in [0.15, 0.2) is 23.1 Å². The standard InChI is InChI=1S/C15H19N5O2.C2H2O4/c21-15-19(10-9-18-7-2-1-3-8-18)17-13-11-22-12-5-4-6-16-14(12)20(13)15;3-1(4)2(5)6/h4-6H,1-3,7-11H2;(H,3,4)(H,5,6). The number of aliphatic carboxylic acids is 2. The quantitative estimate of drug-likeness (QED) is 0.535. The molecule has 2 aliphatic rings. The highest BCUT2D eigenvalue weighted by atomic mass is 16.5. The van der Waals surface area contributed by atoms with Gasteiger partial charge in [-0.05, 0) is 31.4 Å². The van der Waals surface area contributed by atoms with Crippen molar-refractivity contribution in [3.63, 3.8) is 0 Å². The number of hydrogen-bond acceptors (Lipinski definition) is 7. The molecule has 11 heteroatoms. The number of fused-ring (bicyclic) bond motifs is 3. The second kappa shape index (κ2) is 8.65. The summed E-state index contributed by atoms with van der Waals surface area (Å²) in [4.78, 5) is 36.5. The number of ether oxygens (including phenoxy) is 1. The average Bonchev–Trinajstić information content (AvgIpc) is 3.04. The highest BCUT2D eigenvalue weighted by Crippen LogP contribution is 2.24. The maximum Gasteiger partial charge on any atom is 0.352 e. The largest absolute Gasteiger partial charge is 0.539 e. The van der Waals surface area contributed by atoms with Crippen LogP contribution in [0.1, 0.15) is 25.1 Å². The van der Waals surface area contributed by atoms with Gasteiger partial charge in [-0.25, -0.2) is 23.8 Å². The van der Waals surface area contributed by atoms with Crippen LogP contribution in [-0.4, -0.2) is 56.0 Å². The SMILES string of the molecule is O=C([O-])C(=O)O.O=c1n(CC[NH+]2CCCCC2)nc2n1-c1ncccc1OC2. The molecule has 0 saturated carbocycles. The molecule has 2 aromatic heterocycles. The van der Waals surface area contributed by atoms with E-state index in [0.717, 1.165) is 6.54 Å². The summed E-state index contributed by atoms with van der Waals surface area (Å²) in [5.74, 6) is -2.20. The molecule has 0 unspecified atom stereocenters. The molecule has 0 amide bonds. The number of carbonyl (C=O) groups excluding carboxylic acids is 1. The first-order chi connectivity index (χ1) is 13.5. The van der Waals surface area contributed by atoms with Crippen LogP contribution >= 0.6 is 0 Å². The number of rotatable bonds is 3. The number of carbonyl (C=O) groups is 2. The lowest BCUT2D eigenvalue weighted by molar-refractivity contribution is -0.905. The van der Waals surface area contributed by atoms with Crippen molar-refractivity contribution in [1.29, 1.82) is 0 Å². The molecule has 0 aliphatic carbocycles. The lowest BCUT2D eigenvalue weighted by Crippen LogP contribution is -3.13. The fourth-order valence-electron chi connectivity index (χ4n) is 3.28. The molecule has 2 N–H and O–H groups in total. The lowest BCUT2D eigenvalue weighted by atomic mass is 10.1. The van der Waals surface area contributed by atoms with E-state index in [4.69, 9.17) is 24.5 Å². The Kier molecular flexibility index (Phi) is 6.04. The van der Waals surface area contributed by atoms with Crippen LogP contribution in [0.2, 0.25) is 0 Å². The van der Waals surface area contributed by atoms with E-state index in [9.17, 15) is 4.79 Å². The Morgan fingerprint density at radius 1 is 1.29 bits per heavy atom. The molecule has 4 rings (SSSR count). The van der Waals surface area contributed by atoms with Crippen LogP contribution < -0.4 is 20.4 Å². The van der Waals surface area contributed by atoms with Crippen LogP contribution in [0.5, 0.6) is 5.75 Å². The average molecular weight is 391 g/mol. The first-order valence-electron chi connectivity index (χ1n) is 9.02. The number of carboxylic acids is 2. The zero-order chi connectivity index (χ0) is 20.1. The molecule has 4 heterocycles. The van der Waals surface area contributed by atoms with Gasteiger partial charge in [0.25, 0.3) is 0 Å². The number of piperidine rings is 1. The summed E-state index contributed by atoms with van der Waals surface area (Å²) in [7, 11) is 0. The molecule has 1 saturated heterocycles. The number of carboxylic acid groups (broad SMARTS) is 2. The highest BCUT2D eigenvalue weighted by Gasteiger charge is 2.24. The van der Waals surface area contributed by atoms with E-state index in [-0.39, 0.29) is 5.69 Å². The minimum Gasteiger partial charge on any atom is -0.539 e. The summed E-state index contributed by atoms with van der Waals surface area (Å²) in [5.41, 5.74) is -0.116. The number of pyridine rings is 1. The Labute approximate surface area is 159 Å². The Morgan fingerprint density at radius 2 is 2.00 bits per heavy atom. The van der Waals surface area contributed by atoms with Crippen molar-refractivity contribution in [2.75, 3.05) is 19.6 Å². The second-order valence-electron chi connectivity index (χ2n) is 6.52. The number of quaternary nitrogens is 1. The number of aromatic nitrogens is 4. The Balaban J connectivity index is 0.000000330. The zero-order valence-corrected chi connectivity index (χ0v) is 15.2. The molecule has 150 valence electrons. The van der Waals surface area contributed by atoms with Gasteiger partial charge in [-0.1, -0.05) is 0 Å². The molecule has 2 aromatic rings. The smallest absolute Gasteiger partial charge is 0.352 e. The van der Waals surface area contributed by atoms with Crippen LogP contribution in [0.25, 0.3) is 5.82 Å². The summed E-state index contributed by atoms with van der Waals surface area (Å²) in [6, 6.07) is 3.63. The van der Waals surface area contributed by atoms with Gasteiger partial charge in [0.1, 0.15) is 6.61 Å². The van der Waals surface area contributed by atoms with Crippen LogP contribution in [0, 0.1) is 0 Å². The van der Waals surface area contributed by atoms with Gasteiger partial charge in [-0.2, -0.15) is 5.10 Å². The van der Waals surface area contributed by atoms with Gasteiger partial charge in [0.15, 0.2) is 23.4 Å². The van der Waals surface area contributed by atoms with E-state index in [1.54, 1.807) is 26.4 Å². The van der Waals surface area contributed by atoms with E-state index in [1.807, 2.05) is 6.07 Å². The molecule has 11 nitrogen and oxygen atoms in total. The van der Waals surface area contributed by atoms with Crippen molar-refractivity contribution < 1.29 is 29.4 Å². The number of nitrogens with one attached hydrogen (secondary N) is 1. The third-order valence-corrected chi connectivity index (χ3v) is 4.64. The van der Waals surface area contributed by atoms with Gasteiger partial charge in [0, 0.05) is 6.20 Å². The molecule has 0 aromatic carbocycles. The predicted octanol–water partition coefficient (Wildman–Crippen LogP) is -2.79. The van der Waals surface area contributed by atoms with Gasteiger partial charge < -0.3 is 24.6 Å². The second-order valence-corrected chi connectivity index (χ2v) is 6.52. The number of nitrogens with zero attached hydrogens (tertiary/aromatic N) is 4. The van der Waals surface area contributed by atoms with E-state index in [2.05, 4.69) is 10.1 Å². The monoisotopic (exact) mass is 391 g/mol. The maximum absolute atomic E-state index is 12.6. The van der Waals surface area contributed by atoms with E-state index >= 15 is 0 Å². The van der Waals surface area contributed by atoms with Gasteiger partial charge in [0.05, 0.1) is 26.2 Å². The molecular weight excluding hydrogens is 370 g/mol. The first kappa shape index (κ1) is 19.5. The summed E-state index contributed by atoms with van der Waals surface area (Å²) in [6.45, 7) is 4.33. The topological polar surface area (TPSA) is 144 Å². The maximum atomic E-state index is 12.6. The molecule has 0 spiro atoms. The molecule has 28 heavy (non-hydrogen) atoms. The van der Waals surface area contributed by atoms with E-state index < -0.39 is 11.9 Å². The first-order valence-corrected chi connectivity index (χ1v) is 9.02. The summed E-state index contributed by atoms with van der Waals surface area (Å²) < 4.78 is 8.74. The lowest BCUT2D eigenvalue weighted by Gasteiger charge is -2.23. The number of likely N-dealkylation sites (tertiary alicyclic amines) is 1. The summed E-state index contributed by atoms with van der Waals surface area (Å²) in [6.07, 6.45) is 5.57. The van der Waals surface area contributed by atoms with Gasteiger partial charge in [-0.3, -0.25) is 0 Å². The fourth-order valence-corrected chi connectivity index (χ4v) is 3.28. The van der Waals surface area contributed by atoms with Crippen molar-refractivity contribution in [3.05, 3.63) is 34.6 Å². The zero-order valence-electron chi connectivity index (χ0n) is 15.2. The third-order valence-electron chi connectivity index (χ3n) is 4.64. The van der Waals surface area contributed by atoms with Crippen molar-refractivity contribution >= 4 is 11.9 Å². The van der Waals surface area contributed by atoms with Crippen LogP contribution in [-0.2, 0) is 22.7 Å². The molecule has 2 aliphatic heterocycles. The summed E-state index contributed by atoms with van der Waals surface area (Å²) >= 11 is 0. The predicted molar refractivity (Wildman–Crippen MR) is 92.0 cm³/mol. The molecule has 0 atom stereocenters. The molecule has 0 bridgehead atoms. The van der Waals surface area contributed by atoms with Crippen LogP contribution in [0.4, 0.5) is 0 Å². The third kappa shape index (κ3) is 4.36. The van der Waals surface area contributed by atoms with Crippen LogP contribution in [0.3, 0.4) is 0 Å². The van der Waals surface area contributed by atoms with Gasteiger partial charge in [0.2, 0.25) is 0 Å². The molecule has 0 radical (unpaired) electrons. The fraction of sp³-hybridized carbons (Fsp3) is 0.471. The normalized spacial score (nSPS) is 15.4. The Bertz CT molecular complexity index is 903. The van der Waals surface area contributed by atoms with Crippen molar-refractivity contribution in [2.24, 2.45) is 0 Å². The molecule has 1 fully saturated rings. The van der Waals surface area contributed by atoms with Crippen molar-refractivity contribution in [2.45, 2.75) is 32.4 Å². The molecular formula is C17H21N5O6.